The van der Waals surface area contributed by atoms with E-state index in [9.17, 15) is 4.39 Å². The lowest BCUT2D eigenvalue weighted by atomic mass is 10.1. The molecule has 0 radical (unpaired) electrons. The molecule has 0 aliphatic heterocycles. The Morgan fingerprint density at radius 1 is 1.54 bits per heavy atom. The maximum atomic E-state index is 13.2. The molecule has 0 aliphatic rings. The van der Waals surface area contributed by atoms with Gasteiger partial charge in [-0.3, -0.25) is 0 Å². The minimum absolute atomic E-state index is 0.101. The minimum atomic E-state index is -0.448. The molecule has 0 aliphatic carbocycles. The first kappa shape index (κ1) is 10.9. The van der Waals surface area contributed by atoms with Gasteiger partial charge in [0.2, 0.25) is 0 Å². The van der Waals surface area contributed by atoms with Crippen molar-refractivity contribution in [1.82, 2.24) is 0 Å². The summed E-state index contributed by atoms with van der Waals surface area (Å²) in [4.78, 5) is 4.39. The van der Waals surface area contributed by atoms with Crippen LogP contribution in [0.1, 0.15) is 5.56 Å². The normalized spacial score (nSPS) is 10.5. The lowest BCUT2D eigenvalue weighted by molar-refractivity contribution is 0.141. The third-order valence-corrected chi connectivity index (χ3v) is 2.75. The summed E-state index contributed by atoms with van der Waals surface area (Å²) in [5.41, 5.74) is 0.785. The number of rotatable bonds is 3. The third kappa shape index (κ3) is 2.64. The predicted octanol–water partition coefficient (Wildman–Crippen LogP) is 2.67. The molecule has 2 nitrogen and oxygen atoms in total. The Kier molecular flexibility index (Phi) is 4.12. The van der Waals surface area contributed by atoms with E-state index in [-0.39, 0.29) is 5.02 Å². The maximum absolute atomic E-state index is 13.2. The van der Waals surface area contributed by atoms with Crippen molar-refractivity contribution in [3.63, 3.8) is 0 Å². The number of hydrogen-bond acceptors (Lipinski definition) is 2. The van der Waals surface area contributed by atoms with Crippen molar-refractivity contribution in [3.05, 3.63) is 33.0 Å². The Labute approximate surface area is 88.9 Å². The molecule has 13 heavy (non-hydrogen) atoms. The average Bonchev–Trinajstić information content (AvgIpc) is 2.13. The van der Waals surface area contributed by atoms with Crippen LogP contribution >= 0.6 is 27.5 Å². The van der Waals surface area contributed by atoms with Gasteiger partial charge in [-0.05, 0) is 34.0 Å². The smallest absolute Gasteiger partial charge is 0.156 e. The van der Waals surface area contributed by atoms with E-state index in [1.165, 1.54) is 6.07 Å². The van der Waals surface area contributed by atoms with Gasteiger partial charge in [0, 0.05) is 0 Å². The predicted molar refractivity (Wildman–Crippen MR) is 53.0 cm³/mol. The van der Waals surface area contributed by atoms with Gasteiger partial charge in [-0.25, -0.2) is 10.3 Å². The monoisotopic (exact) mass is 267 g/mol. The number of nitrogens with two attached hydrogens (primary N) is 1. The summed E-state index contributed by atoms with van der Waals surface area (Å²) in [6.07, 6.45) is 0.547. The highest BCUT2D eigenvalue weighted by atomic mass is 79.9. The van der Waals surface area contributed by atoms with Gasteiger partial charge < -0.3 is 4.84 Å². The van der Waals surface area contributed by atoms with Gasteiger partial charge >= 0.3 is 0 Å². The van der Waals surface area contributed by atoms with Crippen LogP contribution in [0, 0.1) is 5.82 Å². The molecule has 0 bridgehead atoms. The highest BCUT2D eigenvalue weighted by Crippen LogP contribution is 2.26. The van der Waals surface area contributed by atoms with Crippen molar-refractivity contribution < 1.29 is 9.23 Å². The largest absolute Gasteiger partial charge is 0.304 e. The molecule has 0 saturated heterocycles. The van der Waals surface area contributed by atoms with Gasteiger partial charge in [0.25, 0.3) is 0 Å². The number of benzene rings is 1. The van der Waals surface area contributed by atoms with Gasteiger partial charge in [0.05, 0.1) is 16.1 Å². The zero-order chi connectivity index (χ0) is 9.84. The number of halogens is 3. The molecular formula is C8H8BrClFNO. The highest BCUT2D eigenvalue weighted by molar-refractivity contribution is 9.10. The Morgan fingerprint density at radius 3 is 2.85 bits per heavy atom. The van der Waals surface area contributed by atoms with Crippen LogP contribution < -0.4 is 5.90 Å². The fourth-order valence-electron chi connectivity index (χ4n) is 0.928. The van der Waals surface area contributed by atoms with Gasteiger partial charge in [-0.2, -0.15) is 0 Å². The van der Waals surface area contributed by atoms with Crippen LogP contribution in [-0.4, -0.2) is 6.61 Å². The van der Waals surface area contributed by atoms with E-state index in [2.05, 4.69) is 20.8 Å². The van der Waals surface area contributed by atoms with E-state index in [1.54, 1.807) is 6.07 Å². The fraction of sp³-hybridized carbons (Fsp3) is 0.250. The summed E-state index contributed by atoms with van der Waals surface area (Å²) in [5.74, 6) is 4.41. The molecule has 0 unspecified atom stereocenters. The first-order chi connectivity index (χ1) is 6.16. The van der Waals surface area contributed by atoms with E-state index < -0.39 is 5.82 Å². The Bertz CT molecular complexity index is 308. The van der Waals surface area contributed by atoms with Crippen LogP contribution in [0.5, 0.6) is 0 Å². The summed E-state index contributed by atoms with van der Waals surface area (Å²) in [7, 11) is 0. The van der Waals surface area contributed by atoms with Crippen LogP contribution in [0.2, 0.25) is 5.02 Å². The van der Waals surface area contributed by atoms with Crippen LogP contribution in [0.4, 0.5) is 4.39 Å². The van der Waals surface area contributed by atoms with Crippen molar-refractivity contribution in [2.75, 3.05) is 6.61 Å². The van der Waals surface area contributed by atoms with Crippen LogP contribution in [0.3, 0.4) is 0 Å². The van der Waals surface area contributed by atoms with Crippen LogP contribution in [0.25, 0.3) is 0 Å². The quantitative estimate of drug-likeness (QED) is 0.676. The Balaban J connectivity index is 2.90. The summed E-state index contributed by atoms with van der Waals surface area (Å²) < 4.78 is 13.5. The number of hydrogen-bond donors (Lipinski definition) is 1. The lowest BCUT2D eigenvalue weighted by Gasteiger charge is -2.05. The maximum Gasteiger partial charge on any atom is 0.156 e. The third-order valence-electron chi connectivity index (χ3n) is 1.60. The van der Waals surface area contributed by atoms with Gasteiger partial charge in [0.1, 0.15) is 0 Å². The molecule has 0 atom stereocenters. The molecule has 1 aromatic carbocycles. The molecule has 0 heterocycles. The average molecular weight is 269 g/mol. The van der Waals surface area contributed by atoms with Crippen molar-refractivity contribution in [1.29, 1.82) is 0 Å². The molecule has 1 aromatic rings. The molecule has 1 rings (SSSR count). The molecule has 0 fully saturated rings. The van der Waals surface area contributed by atoms with Gasteiger partial charge in [0.15, 0.2) is 5.82 Å². The van der Waals surface area contributed by atoms with Gasteiger partial charge in [-0.15, -0.1) is 0 Å². The Hall–Kier alpha value is -0.160. The molecule has 5 heteroatoms. The highest BCUT2D eigenvalue weighted by Gasteiger charge is 2.08. The van der Waals surface area contributed by atoms with E-state index in [0.717, 1.165) is 5.56 Å². The topological polar surface area (TPSA) is 35.2 Å². The van der Waals surface area contributed by atoms with Crippen LogP contribution in [0.15, 0.2) is 16.6 Å². The van der Waals surface area contributed by atoms with E-state index in [4.69, 9.17) is 17.5 Å². The van der Waals surface area contributed by atoms with Crippen LogP contribution in [-0.2, 0) is 11.3 Å². The molecule has 0 saturated carbocycles. The van der Waals surface area contributed by atoms with Crippen molar-refractivity contribution in [2.24, 2.45) is 5.90 Å². The SMILES string of the molecule is NOCCc1ccc(Cl)c(F)c1Br. The molecule has 72 valence electrons. The minimum Gasteiger partial charge on any atom is -0.304 e. The summed E-state index contributed by atoms with van der Waals surface area (Å²) >= 11 is 8.66. The molecule has 0 amide bonds. The van der Waals surface area contributed by atoms with E-state index in [0.29, 0.717) is 17.5 Å². The zero-order valence-electron chi connectivity index (χ0n) is 6.69. The van der Waals surface area contributed by atoms with E-state index >= 15 is 0 Å². The summed E-state index contributed by atoms with van der Waals surface area (Å²) in [6, 6.07) is 3.24. The second-order valence-electron chi connectivity index (χ2n) is 2.46. The second kappa shape index (κ2) is 4.91. The van der Waals surface area contributed by atoms with Crippen molar-refractivity contribution in [3.8, 4) is 0 Å². The first-order valence-corrected chi connectivity index (χ1v) is 4.78. The first-order valence-electron chi connectivity index (χ1n) is 3.61. The Morgan fingerprint density at radius 2 is 2.23 bits per heavy atom. The fourth-order valence-corrected chi connectivity index (χ4v) is 1.74. The lowest BCUT2D eigenvalue weighted by Crippen LogP contribution is -2.04. The standard InChI is InChI=1S/C8H8BrClFNO/c9-7-5(3-4-13-12)1-2-6(10)8(7)11/h1-2H,3-4,12H2. The second-order valence-corrected chi connectivity index (χ2v) is 3.66. The van der Waals surface area contributed by atoms with Crippen molar-refractivity contribution >= 4 is 27.5 Å². The summed E-state index contributed by atoms with van der Waals surface area (Å²) in [5, 5.41) is 0.101. The zero-order valence-corrected chi connectivity index (χ0v) is 9.03. The molecule has 2 N–H and O–H groups in total. The molecule has 0 spiro atoms. The molecular weight excluding hydrogens is 260 g/mol. The van der Waals surface area contributed by atoms with E-state index in [1.807, 2.05) is 0 Å². The van der Waals surface area contributed by atoms with Gasteiger partial charge in [-0.1, -0.05) is 17.7 Å². The summed E-state index contributed by atoms with van der Waals surface area (Å²) in [6.45, 7) is 0.347. The van der Waals surface area contributed by atoms with Crippen molar-refractivity contribution in [2.45, 2.75) is 6.42 Å². The molecule has 0 aromatic heterocycles.